The van der Waals surface area contributed by atoms with Crippen molar-refractivity contribution in [2.75, 3.05) is 7.05 Å². The number of nitrogens with one attached hydrogen (secondary N) is 2. The van der Waals surface area contributed by atoms with Gasteiger partial charge in [-0.3, -0.25) is 9.89 Å². The topological polar surface area (TPSA) is 61.0 Å². The zero-order valence-corrected chi connectivity index (χ0v) is 14.8. The molecule has 0 spiro atoms. The van der Waals surface area contributed by atoms with E-state index in [1.165, 1.54) is 19.3 Å². The molecule has 122 valence electrons. The van der Waals surface area contributed by atoms with E-state index in [1.54, 1.807) is 0 Å². The number of amides is 1. The van der Waals surface area contributed by atoms with Gasteiger partial charge >= 0.3 is 0 Å². The summed E-state index contributed by atoms with van der Waals surface area (Å²) in [5.41, 5.74) is 1.38. The molecule has 23 heavy (non-hydrogen) atoms. The van der Waals surface area contributed by atoms with Crippen LogP contribution in [0.5, 0.6) is 0 Å². The standard InChI is InChI=1S/C17H21BrN4O/c1-22-12-3-2-4-13(22)9-11(8-12)19-17(23)16-14-6-5-10(18)7-15(14)20-21-16/h5-7,11-13H,2-4,8-9H2,1H3,(H,19,23)(H,20,21). The average molecular weight is 377 g/mol. The van der Waals surface area contributed by atoms with Gasteiger partial charge in [0.15, 0.2) is 5.69 Å². The number of aromatic amines is 1. The number of rotatable bonds is 2. The van der Waals surface area contributed by atoms with Crippen molar-refractivity contribution < 1.29 is 4.79 Å². The Morgan fingerprint density at radius 1 is 1.35 bits per heavy atom. The Balaban J connectivity index is 1.51. The molecule has 2 N–H and O–H groups in total. The van der Waals surface area contributed by atoms with E-state index in [4.69, 9.17) is 0 Å². The molecular formula is C17H21BrN4O. The fourth-order valence-corrected chi connectivity index (χ4v) is 4.51. The number of hydrogen-bond donors (Lipinski definition) is 2. The van der Waals surface area contributed by atoms with Gasteiger partial charge in [0.1, 0.15) is 0 Å². The molecular weight excluding hydrogens is 356 g/mol. The van der Waals surface area contributed by atoms with E-state index >= 15 is 0 Å². The lowest BCUT2D eigenvalue weighted by molar-refractivity contribution is 0.0462. The molecule has 6 heteroatoms. The molecule has 2 aliphatic heterocycles. The van der Waals surface area contributed by atoms with Crippen molar-refractivity contribution in [2.45, 2.75) is 50.2 Å². The second kappa shape index (κ2) is 5.91. The predicted octanol–water partition coefficient (Wildman–Crippen LogP) is 3.07. The van der Waals surface area contributed by atoms with Crippen LogP contribution >= 0.6 is 15.9 Å². The van der Waals surface area contributed by atoms with Gasteiger partial charge in [-0.15, -0.1) is 0 Å². The molecule has 1 aromatic carbocycles. The molecule has 0 aliphatic carbocycles. The molecule has 2 aliphatic rings. The molecule has 1 aromatic heterocycles. The van der Waals surface area contributed by atoms with E-state index in [1.807, 2.05) is 18.2 Å². The highest BCUT2D eigenvalue weighted by Crippen LogP contribution is 2.32. The molecule has 2 saturated heterocycles. The van der Waals surface area contributed by atoms with E-state index in [0.29, 0.717) is 17.8 Å². The fraction of sp³-hybridized carbons (Fsp3) is 0.529. The Labute approximate surface area is 143 Å². The minimum atomic E-state index is -0.0637. The third-order valence-electron chi connectivity index (χ3n) is 5.42. The van der Waals surface area contributed by atoms with Gasteiger partial charge in [0.25, 0.3) is 5.91 Å². The minimum Gasteiger partial charge on any atom is -0.348 e. The van der Waals surface area contributed by atoms with Crippen LogP contribution < -0.4 is 5.32 Å². The van der Waals surface area contributed by atoms with E-state index < -0.39 is 0 Å². The van der Waals surface area contributed by atoms with Crippen molar-refractivity contribution in [3.05, 3.63) is 28.4 Å². The first kappa shape index (κ1) is 15.1. The predicted molar refractivity (Wildman–Crippen MR) is 93.5 cm³/mol. The first-order valence-corrected chi connectivity index (χ1v) is 9.07. The number of halogens is 1. The van der Waals surface area contributed by atoms with Gasteiger partial charge in [0.2, 0.25) is 0 Å². The number of aromatic nitrogens is 2. The highest BCUT2D eigenvalue weighted by molar-refractivity contribution is 9.10. The third-order valence-corrected chi connectivity index (χ3v) is 5.91. The number of nitrogens with zero attached hydrogens (tertiary/aromatic N) is 2. The van der Waals surface area contributed by atoms with E-state index in [2.05, 4.69) is 43.4 Å². The van der Waals surface area contributed by atoms with E-state index in [-0.39, 0.29) is 11.9 Å². The molecule has 0 radical (unpaired) electrons. The molecule has 2 fully saturated rings. The number of H-pyrrole nitrogens is 1. The molecule has 4 rings (SSSR count). The van der Waals surface area contributed by atoms with Gasteiger partial charge < -0.3 is 10.2 Å². The Hall–Kier alpha value is -1.40. The lowest BCUT2D eigenvalue weighted by atomic mass is 9.82. The number of piperidine rings is 2. The maximum Gasteiger partial charge on any atom is 0.272 e. The zero-order chi connectivity index (χ0) is 16.0. The first-order valence-electron chi connectivity index (χ1n) is 8.28. The van der Waals surface area contributed by atoms with E-state index in [0.717, 1.165) is 28.2 Å². The summed E-state index contributed by atoms with van der Waals surface area (Å²) in [6.07, 6.45) is 5.91. The summed E-state index contributed by atoms with van der Waals surface area (Å²) in [5.74, 6) is -0.0637. The normalized spacial score (nSPS) is 28.0. The second-order valence-electron chi connectivity index (χ2n) is 6.81. The molecule has 2 unspecified atom stereocenters. The summed E-state index contributed by atoms with van der Waals surface area (Å²) in [6, 6.07) is 7.30. The van der Waals surface area contributed by atoms with E-state index in [9.17, 15) is 4.79 Å². The van der Waals surface area contributed by atoms with Crippen molar-refractivity contribution in [2.24, 2.45) is 0 Å². The quantitative estimate of drug-likeness (QED) is 0.846. The van der Waals surface area contributed by atoms with Gasteiger partial charge in [-0.25, -0.2) is 0 Å². The Bertz CT molecular complexity index is 729. The summed E-state index contributed by atoms with van der Waals surface area (Å²) in [5, 5.41) is 11.3. The Kier molecular flexibility index (Phi) is 3.89. The Morgan fingerprint density at radius 2 is 2.09 bits per heavy atom. The second-order valence-corrected chi connectivity index (χ2v) is 7.72. The van der Waals surface area contributed by atoms with Crippen LogP contribution in [0.2, 0.25) is 0 Å². The van der Waals surface area contributed by atoms with Crippen molar-refractivity contribution in [1.82, 2.24) is 20.4 Å². The maximum atomic E-state index is 12.7. The molecule has 0 saturated carbocycles. The molecule has 2 aromatic rings. The van der Waals surface area contributed by atoms with Crippen LogP contribution in [0, 0.1) is 0 Å². The number of hydrogen-bond acceptors (Lipinski definition) is 3. The van der Waals surface area contributed by atoms with Crippen LogP contribution in [0.25, 0.3) is 10.9 Å². The smallest absolute Gasteiger partial charge is 0.272 e. The molecule has 2 atom stereocenters. The average Bonchev–Trinajstić information content (AvgIpc) is 2.91. The largest absolute Gasteiger partial charge is 0.348 e. The SMILES string of the molecule is CN1C2CCCC1CC(NC(=O)c1n[nH]c3cc(Br)ccc13)C2. The number of carbonyl (C=O) groups is 1. The summed E-state index contributed by atoms with van der Waals surface area (Å²) in [7, 11) is 2.23. The van der Waals surface area contributed by atoms with Crippen LogP contribution in [0.1, 0.15) is 42.6 Å². The van der Waals surface area contributed by atoms with Crippen molar-refractivity contribution in [3.63, 3.8) is 0 Å². The summed E-state index contributed by atoms with van der Waals surface area (Å²) >= 11 is 3.44. The van der Waals surface area contributed by atoms with Gasteiger partial charge in [0.05, 0.1) is 5.52 Å². The van der Waals surface area contributed by atoms with Crippen LogP contribution in [-0.4, -0.2) is 46.2 Å². The van der Waals surface area contributed by atoms with Gasteiger partial charge in [0, 0.05) is 28.0 Å². The minimum absolute atomic E-state index is 0.0637. The van der Waals surface area contributed by atoms with Crippen LogP contribution in [0.15, 0.2) is 22.7 Å². The van der Waals surface area contributed by atoms with Crippen molar-refractivity contribution >= 4 is 32.7 Å². The first-order chi connectivity index (χ1) is 11.1. The number of carbonyl (C=O) groups excluding carboxylic acids is 1. The number of benzene rings is 1. The van der Waals surface area contributed by atoms with Gasteiger partial charge in [-0.2, -0.15) is 5.10 Å². The van der Waals surface area contributed by atoms with Crippen molar-refractivity contribution in [1.29, 1.82) is 0 Å². The lowest BCUT2D eigenvalue weighted by Crippen LogP contribution is -2.55. The highest BCUT2D eigenvalue weighted by atomic mass is 79.9. The highest BCUT2D eigenvalue weighted by Gasteiger charge is 2.36. The van der Waals surface area contributed by atoms with Crippen LogP contribution in [0.4, 0.5) is 0 Å². The maximum absolute atomic E-state index is 12.7. The van der Waals surface area contributed by atoms with Crippen molar-refractivity contribution in [3.8, 4) is 0 Å². The summed E-state index contributed by atoms with van der Waals surface area (Å²) in [6.45, 7) is 0. The van der Waals surface area contributed by atoms with Crippen LogP contribution in [0.3, 0.4) is 0 Å². The lowest BCUT2D eigenvalue weighted by Gasteiger charge is -2.47. The molecule has 1 amide bonds. The van der Waals surface area contributed by atoms with Crippen LogP contribution in [-0.2, 0) is 0 Å². The third kappa shape index (κ3) is 2.78. The zero-order valence-electron chi connectivity index (χ0n) is 13.2. The van der Waals surface area contributed by atoms with Gasteiger partial charge in [-0.1, -0.05) is 22.4 Å². The van der Waals surface area contributed by atoms with Gasteiger partial charge in [-0.05, 0) is 50.9 Å². The molecule has 2 bridgehead atoms. The molecule has 3 heterocycles. The number of fused-ring (bicyclic) bond motifs is 3. The Morgan fingerprint density at radius 3 is 2.83 bits per heavy atom. The fourth-order valence-electron chi connectivity index (χ4n) is 4.15. The molecule has 5 nitrogen and oxygen atoms in total. The summed E-state index contributed by atoms with van der Waals surface area (Å²) < 4.78 is 0.976. The summed E-state index contributed by atoms with van der Waals surface area (Å²) in [4.78, 5) is 15.2. The monoisotopic (exact) mass is 376 g/mol.